The van der Waals surface area contributed by atoms with Crippen LogP contribution in [0, 0.1) is 0 Å². The van der Waals surface area contributed by atoms with Crippen LogP contribution in [0.3, 0.4) is 0 Å². The number of nitrogens with zero attached hydrogens (tertiary/aromatic N) is 5. The normalized spacial score (nSPS) is 14.6. The third kappa shape index (κ3) is 13.3. The van der Waals surface area contributed by atoms with Crippen LogP contribution in [0.4, 0.5) is 10.5 Å². The lowest BCUT2D eigenvalue weighted by atomic mass is 9.85. The number of hydrogen-bond acceptors (Lipinski definition) is 17. The summed E-state index contributed by atoms with van der Waals surface area (Å²) in [6.07, 6.45) is -0.594. The van der Waals surface area contributed by atoms with E-state index in [9.17, 15) is 29.1 Å². The zero-order valence-electron chi connectivity index (χ0n) is 38.0. The van der Waals surface area contributed by atoms with E-state index in [2.05, 4.69) is 20.7 Å². The van der Waals surface area contributed by atoms with Gasteiger partial charge in [0.05, 0.1) is 95.1 Å². The fourth-order valence-corrected chi connectivity index (χ4v) is 7.59. The Bertz CT molecular complexity index is 2510. The minimum Gasteiger partial charge on any atom is -0.508 e. The number of aryl methyl sites for hydroxylation is 1. The average Bonchev–Trinajstić information content (AvgIpc) is 3.70. The molecule has 4 heterocycles. The third-order valence-electron chi connectivity index (χ3n) is 10.9. The number of aromatic nitrogens is 2. The summed E-state index contributed by atoms with van der Waals surface area (Å²) in [5, 5.41) is 19.6. The van der Waals surface area contributed by atoms with Crippen LogP contribution in [-0.4, -0.2) is 131 Å². The van der Waals surface area contributed by atoms with Gasteiger partial charge in [0.2, 0.25) is 17.4 Å². The molecule has 1 atom stereocenters. The summed E-state index contributed by atoms with van der Waals surface area (Å²) in [5.74, 6) is -1.65. The van der Waals surface area contributed by atoms with E-state index in [4.69, 9.17) is 53.1 Å². The number of pyridine rings is 2. The zero-order valence-corrected chi connectivity index (χ0v) is 38.0. The quantitative estimate of drug-likeness (QED) is 0.0209. The third-order valence-corrected chi connectivity index (χ3v) is 10.9. The fraction of sp³-hybridized carbons (Fsp3) is 0.478. The van der Waals surface area contributed by atoms with Gasteiger partial charge >= 0.3 is 12.1 Å². The van der Waals surface area contributed by atoms with Crippen molar-refractivity contribution in [3.63, 3.8) is 0 Å². The van der Waals surface area contributed by atoms with E-state index in [0.29, 0.717) is 94.0 Å². The highest BCUT2D eigenvalue weighted by Crippen LogP contribution is 2.42. The standard InChI is InChI=1S/C46H55N7O15/c1-3-33-34-23-32(54)9-10-38(34)51-42-35(33)25-53-39(42)24-37-36(43(53)57)27-66-44(58)46(37,4-2)68-45(59)67-26-30-5-7-31(8-6-30)50-41(56)29-65-28-40(55)48-11-13-60-15-17-62-19-21-64-22-20-63-18-16-61-14-12-49-52-47/h5-10,23-24,54H,3-4,11-22,25-29H2,1-2H3,(H,48,55)(H,50,56)/t46-/m0/s1. The van der Waals surface area contributed by atoms with Crippen LogP contribution in [0.15, 0.2) is 58.4 Å². The summed E-state index contributed by atoms with van der Waals surface area (Å²) in [4.78, 5) is 72.8. The van der Waals surface area contributed by atoms with Gasteiger partial charge in [-0.25, -0.2) is 14.6 Å². The Kier molecular flexibility index (Phi) is 19.0. The molecule has 0 spiro atoms. The SMILES string of the molecule is CCc1c2c(nc3ccc(O)cc13)-c1cc3c(c(=O)n1C2)COC(=O)[C@@]3(CC)OC(=O)OCc1ccc(NC(=O)COCC(=O)NCCOCCOCCOCCOCCOCCN=[N+]=[N-])cc1. The van der Waals surface area contributed by atoms with Crippen molar-refractivity contribution in [2.24, 2.45) is 5.11 Å². The fourth-order valence-electron chi connectivity index (χ4n) is 7.59. The van der Waals surface area contributed by atoms with Crippen molar-refractivity contribution in [3.8, 4) is 17.1 Å². The molecule has 0 bridgehead atoms. The first kappa shape index (κ1) is 50.8. The van der Waals surface area contributed by atoms with E-state index in [0.717, 1.165) is 16.5 Å². The van der Waals surface area contributed by atoms with Gasteiger partial charge in [-0.05, 0) is 65.9 Å². The highest BCUT2D eigenvalue weighted by Gasteiger charge is 2.51. The first-order chi connectivity index (χ1) is 33.1. The number of benzene rings is 2. The molecule has 4 aromatic rings. The summed E-state index contributed by atoms with van der Waals surface area (Å²) >= 11 is 0. The summed E-state index contributed by atoms with van der Waals surface area (Å²) in [6, 6.07) is 13.0. The summed E-state index contributed by atoms with van der Waals surface area (Å²) in [6.45, 7) is 6.89. The number of azide groups is 1. The lowest BCUT2D eigenvalue weighted by molar-refractivity contribution is -0.175. The van der Waals surface area contributed by atoms with Gasteiger partial charge in [-0.2, -0.15) is 0 Å². The van der Waals surface area contributed by atoms with Gasteiger partial charge in [0.25, 0.3) is 5.56 Å². The Morgan fingerprint density at radius 2 is 1.51 bits per heavy atom. The van der Waals surface area contributed by atoms with Crippen LogP contribution in [0.1, 0.15) is 48.1 Å². The molecule has 22 heteroatoms. The number of phenols is 1. The number of rotatable bonds is 28. The number of hydrogen-bond donors (Lipinski definition) is 3. The van der Waals surface area contributed by atoms with Crippen molar-refractivity contribution in [1.82, 2.24) is 14.9 Å². The van der Waals surface area contributed by atoms with Gasteiger partial charge in [-0.1, -0.05) is 31.1 Å². The number of carbonyl (C=O) groups is 4. The minimum absolute atomic E-state index is 0.0524. The van der Waals surface area contributed by atoms with E-state index in [-0.39, 0.29) is 76.0 Å². The minimum atomic E-state index is -1.97. The maximum absolute atomic E-state index is 14.0. The monoisotopic (exact) mass is 945 g/mol. The molecule has 3 N–H and O–H groups in total. The van der Waals surface area contributed by atoms with E-state index < -0.39 is 35.1 Å². The van der Waals surface area contributed by atoms with Gasteiger partial charge in [-0.3, -0.25) is 14.4 Å². The van der Waals surface area contributed by atoms with Gasteiger partial charge in [0.1, 0.15) is 32.2 Å². The molecule has 0 unspecified atom stereocenters. The van der Waals surface area contributed by atoms with Crippen molar-refractivity contribution in [2.45, 2.75) is 52.0 Å². The number of amides is 2. The number of phenolic OH excluding ortho intramolecular Hbond substituents is 1. The van der Waals surface area contributed by atoms with Gasteiger partial charge in [-0.15, -0.1) is 0 Å². The molecule has 0 fully saturated rings. The molecule has 2 aromatic carbocycles. The molecular weight excluding hydrogens is 891 g/mol. The lowest BCUT2D eigenvalue weighted by Gasteiger charge is -2.35. The second-order valence-corrected chi connectivity index (χ2v) is 15.3. The predicted octanol–water partition coefficient (Wildman–Crippen LogP) is 4.17. The molecule has 2 aliphatic rings. The van der Waals surface area contributed by atoms with Crippen LogP contribution < -0.4 is 16.2 Å². The van der Waals surface area contributed by atoms with Crippen LogP contribution >= 0.6 is 0 Å². The van der Waals surface area contributed by atoms with Crippen molar-refractivity contribution in [1.29, 1.82) is 0 Å². The number of carbonyl (C=O) groups excluding carboxylic acids is 4. The molecule has 0 aliphatic carbocycles. The summed E-state index contributed by atoms with van der Waals surface area (Å²) in [7, 11) is 0. The van der Waals surface area contributed by atoms with Crippen LogP contribution in [0.2, 0.25) is 0 Å². The first-order valence-electron chi connectivity index (χ1n) is 22.2. The maximum Gasteiger partial charge on any atom is 0.510 e. The summed E-state index contributed by atoms with van der Waals surface area (Å²) < 4.78 is 50.3. The molecule has 6 rings (SSSR count). The van der Waals surface area contributed by atoms with Gasteiger partial charge < -0.3 is 62.9 Å². The molecule has 0 saturated carbocycles. The average molecular weight is 946 g/mol. The van der Waals surface area contributed by atoms with E-state index in [1.54, 1.807) is 60.0 Å². The highest BCUT2D eigenvalue weighted by atomic mass is 16.7. The number of nitrogens with one attached hydrogen (secondary N) is 2. The topological polar surface area (TPSA) is 279 Å². The molecule has 2 aromatic heterocycles. The molecule has 0 radical (unpaired) electrons. The maximum atomic E-state index is 14.0. The van der Waals surface area contributed by atoms with Gasteiger partial charge in [0, 0.05) is 40.2 Å². The number of esters is 1. The molecule has 2 amide bonds. The molecule has 2 aliphatic heterocycles. The van der Waals surface area contributed by atoms with E-state index in [1.165, 1.54) is 0 Å². The number of cyclic esters (lactones) is 1. The molecule has 22 nitrogen and oxygen atoms in total. The Hall–Kier alpha value is -6.65. The van der Waals surface area contributed by atoms with Crippen molar-refractivity contribution < 1.29 is 66.9 Å². The second kappa shape index (κ2) is 25.5. The Labute approximate surface area is 390 Å². The zero-order chi connectivity index (χ0) is 48.3. The van der Waals surface area contributed by atoms with Crippen molar-refractivity contribution >= 4 is 40.5 Å². The molecule has 0 saturated heterocycles. The molecule has 364 valence electrons. The van der Waals surface area contributed by atoms with Crippen LogP contribution in [0.25, 0.3) is 32.7 Å². The molecular formula is C46H55N7O15. The summed E-state index contributed by atoms with van der Waals surface area (Å²) in [5.41, 5.74) is 10.6. The smallest absolute Gasteiger partial charge is 0.508 e. The van der Waals surface area contributed by atoms with E-state index in [1.807, 2.05) is 6.92 Å². The number of ether oxygens (including phenoxy) is 9. The van der Waals surface area contributed by atoms with Crippen molar-refractivity contribution in [3.05, 3.63) is 97.1 Å². The Balaban J connectivity index is 0.863. The Morgan fingerprint density at radius 1 is 0.853 bits per heavy atom. The lowest BCUT2D eigenvalue weighted by Crippen LogP contribution is -2.47. The molecule has 68 heavy (non-hydrogen) atoms. The van der Waals surface area contributed by atoms with Crippen LogP contribution in [0.5, 0.6) is 5.75 Å². The van der Waals surface area contributed by atoms with Crippen molar-refractivity contribution in [2.75, 3.05) is 97.7 Å². The second-order valence-electron chi connectivity index (χ2n) is 15.3. The highest BCUT2D eigenvalue weighted by molar-refractivity contribution is 5.92. The largest absolute Gasteiger partial charge is 0.510 e. The number of anilines is 1. The van der Waals surface area contributed by atoms with E-state index >= 15 is 0 Å². The number of fused-ring (bicyclic) bond motifs is 5. The van der Waals surface area contributed by atoms with Crippen LogP contribution in [-0.2, 0) is 88.8 Å². The van der Waals surface area contributed by atoms with Gasteiger partial charge in [0.15, 0.2) is 0 Å². The first-order valence-corrected chi connectivity index (χ1v) is 22.2. The Morgan fingerprint density at radius 3 is 2.18 bits per heavy atom. The number of aromatic hydroxyl groups is 1. The predicted molar refractivity (Wildman–Crippen MR) is 242 cm³/mol.